The Bertz CT molecular complexity index is 1010. The van der Waals surface area contributed by atoms with Gasteiger partial charge in [-0.1, -0.05) is 36.4 Å². The van der Waals surface area contributed by atoms with Crippen LogP contribution in [0, 0.1) is 0 Å². The van der Waals surface area contributed by atoms with Gasteiger partial charge in [0.05, 0.1) is 5.92 Å². The molecule has 0 radical (unpaired) electrons. The van der Waals surface area contributed by atoms with Crippen LogP contribution in [0.2, 0.25) is 0 Å². The van der Waals surface area contributed by atoms with E-state index in [9.17, 15) is 14.8 Å². The number of rotatable bonds is 8. The highest BCUT2D eigenvalue weighted by molar-refractivity contribution is 7.59. The molecule has 4 N–H and O–H groups in total. The van der Waals surface area contributed by atoms with Crippen molar-refractivity contribution in [2.75, 3.05) is 20.6 Å². The number of aromatic nitrogens is 1. The Kier molecular flexibility index (Phi) is 8.58. The summed E-state index contributed by atoms with van der Waals surface area (Å²) in [7, 11) is 2.22. The first-order valence-corrected chi connectivity index (χ1v) is 9.58. The van der Waals surface area contributed by atoms with Crippen molar-refractivity contribution in [2.24, 2.45) is 5.73 Å². The molecule has 1 aromatic heterocycles. The van der Waals surface area contributed by atoms with E-state index in [-0.39, 0.29) is 32.2 Å². The Labute approximate surface area is 184 Å². The Morgan fingerprint density at radius 2 is 1.90 bits per heavy atom. The summed E-state index contributed by atoms with van der Waals surface area (Å²) < 4.78 is 0. The summed E-state index contributed by atoms with van der Waals surface area (Å²) >= 11 is 0. The number of hydrogen-bond donors (Lipinski definition) is 3. The second-order valence-corrected chi connectivity index (χ2v) is 7.56. The maximum absolute atomic E-state index is 13.0. The molecular formula is C22H28BN3O3S. The molecule has 1 atom stereocenters. The van der Waals surface area contributed by atoms with Crippen LogP contribution in [-0.2, 0) is 17.8 Å². The largest absolute Gasteiger partial charge is 0.488 e. The fraction of sp³-hybridized carbons (Fsp3) is 0.273. The second kappa shape index (κ2) is 10.7. The minimum atomic E-state index is -1.60. The number of nitrogens with zero attached hydrogens (tertiary/aromatic N) is 2. The zero-order valence-electron chi connectivity index (χ0n) is 17.2. The van der Waals surface area contributed by atoms with Crippen molar-refractivity contribution in [3.05, 3.63) is 71.5 Å². The molecule has 0 saturated carbocycles. The lowest BCUT2D eigenvalue weighted by atomic mass is 9.74. The molecule has 3 aromatic rings. The smallest absolute Gasteiger partial charge is 0.423 e. The number of carbonyl (C=O) groups is 1. The van der Waals surface area contributed by atoms with Gasteiger partial charge in [-0.25, -0.2) is 0 Å². The average Bonchev–Trinajstić information content (AvgIpc) is 2.69. The van der Waals surface area contributed by atoms with E-state index in [1.165, 1.54) is 0 Å². The normalized spacial score (nSPS) is 11.9. The van der Waals surface area contributed by atoms with Gasteiger partial charge in [-0.3, -0.25) is 9.78 Å². The van der Waals surface area contributed by atoms with E-state index in [1.54, 1.807) is 18.5 Å². The third-order valence-electron chi connectivity index (χ3n) is 5.04. The second-order valence-electron chi connectivity index (χ2n) is 7.56. The molecule has 30 heavy (non-hydrogen) atoms. The highest BCUT2D eigenvalue weighted by Crippen LogP contribution is 2.21. The number of Topliss-reactive ketones (excluding diaryl/α,β-unsaturated/α-hetero) is 1. The quantitative estimate of drug-likeness (QED) is 0.465. The molecule has 6 nitrogen and oxygen atoms in total. The minimum absolute atomic E-state index is 0. The first-order valence-electron chi connectivity index (χ1n) is 9.58. The number of carbonyl (C=O) groups excluding carboxylic acids is 1. The van der Waals surface area contributed by atoms with Crippen LogP contribution in [0.4, 0.5) is 0 Å². The van der Waals surface area contributed by atoms with Gasteiger partial charge >= 0.3 is 7.12 Å². The number of hydrogen-bond acceptors (Lipinski definition) is 6. The van der Waals surface area contributed by atoms with E-state index < -0.39 is 13.0 Å². The van der Waals surface area contributed by atoms with Crippen molar-refractivity contribution in [3.8, 4) is 0 Å². The van der Waals surface area contributed by atoms with Gasteiger partial charge in [-0.2, -0.15) is 13.5 Å². The summed E-state index contributed by atoms with van der Waals surface area (Å²) in [4.78, 5) is 19.0. The molecule has 0 bridgehead atoms. The Morgan fingerprint density at radius 1 is 1.13 bits per heavy atom. The van der Waals surface area contributed by atoms with Crippen LogP contribution in [0.3, 0.4) is 0 Å². The Hall–Kier alpha value is -2.23. The predicted molar refractivity (Wildman–Crippen MR) is 126 cm³/mol. The van der Waals surface area contributed by atoms with Gasteiger partial charge in [-0.05, 0) is 47.7 Å². The molecule has 158 valence electrons. The van der Waals surface area contributed by atoms with E-state index in [0.717, 1.165) is 21.9 Å². The number of benzene rings is 2. The number of pyridine rings is 1. The number of ketones is 1. The summed E-state index contributed by atoms with van der Waals surface area (Å²) in [5.41, 5.74) is 8.76. The summed E-state index contributed by atoms with van der Waals surface area (Å²) in [6.07, 6.45) is 3.78. The molecule has 0 spiro atoms. The minimum Gasteiger partial charge on any atom is -0.423 e. The molecular weight excluding hydrogens is 397 g/mol. The molecule has 0 fully saturated rings. The van der Waals surface area contributed by atoms with E-state index in [4.69, 9.17) is 5.73 Å². The van der Waals surface area contributed by atoms with E-state index >= 15 is 0 Å². The van der Waals surface area contributed by atoms with Gasteiger partial charge in [0.1, 0.15) is 5.78 Å². The van der Waals surface area contributed by atoms with Crippen molar-refractivity contribution in [3.63, 3.8) is 0 Å². The molecule has 1 heterocycles. The Morgan fingerprint density at radius 3 is 2.57 bits per heavy atom. The zero-order valence-corrected chi connectivity index (χ0v) is 18.2. The summed E-state index contributed by atoms with van der Waals surface area (Å²) in [5, 5.41) is 21.6. The van der Waals surface area contributed by atoms with Gasteiger partial charge in [0.2, 0.25) is 0 Å². The number of fused-ring (bicyclic) bond motifs is 1. The molecule has 8 heteroatoms. The summed E-state index contributed by atoms with van der Waals surface area (Å²) in [6.45, 7) is 0.727. The van der Waals surface area contributed by atoms with Crippen molar-refractivity contribution in [1.29, 1.82) is 0 Å². The molecule has 0 aliphatic carbocycles. The van der Waals surface area contributed by atoms with Crippen LogP contribution < -0.4 is 11.2 Å². The summed E-state index contributed by atoms with van der Waals surface area (Å²) in [6, 6.07) is 13.2. The van der Waals surface area contributed by atoms with Gasteiger partial charge in [0.15, 0.2) is 0 Å². The van der Waals surface area contributed by atoms with Crippen molar-refractivity contribution < 1.29 is 14.8 Å². The third kappa shape index (κ3) is 5.68. The van der Waals surface area contributed by atoms with Crippen LogP contribution in [0.15, 0.2) is 54.9 Å². The lowest BCUT2D eigenvalue weighted by Gasteiger charge is -2.19. The van der Waals surface area contributed by atoms with Crippen molar-refractivity contribution >= 4 is 42.6 Å². The van der Waals surface area contributed by atoms with E-state index in [1.807, 2.05) is 55.4 Å². The monoisotopic (exact) mass is 425 g/mol. The fourth-order valence-corrected chi connectivity index (χ4v) is 3.58. The van der Waals surface area contributed by atoms with Gasteiger partial charge in [-0.15, -0.1) is 0 Å². The van der Waals surface area contributed by atoms with Gasteiger partial charge in [0.25, 0.3) is 0 Å². The van der Waals surface area contributed by atoms with Crippen LogP contribution >= 0.6 is 13.5 Å². The molecule has 2 aromatic carbocycles. The molecule has 0 aliphatic heterocycles. The first kappa shape index (κ1) is 24.0. The predicted octanol–water partition coefficient (Wildman–Crippen LogP) is 0.943. The topological polar surface area (TPSA) is 99.7 Å². The lowest BCUT2D eigenvalue weighted by Crippen LogP contribution is -2.36. The number of nitrogens with two attached hydrogens (primary N) is 1. The highest BCUT2D eigenvalue weighted by Gasteiger charge is 2.23. The third-order valence-corrected chi connectivity index (χ3v) is 5.04. The van der Waals surface area contributed by atoms with Crippen LogP contribution in [0.25, 0.3) is 10.8 Å². The highest BCUT2D eigenvalue weighted by atomic mass is 32.1. The molecule has 0 amide bonds. The summed E-state index contributed by atoms with van der Waals surface area (Å²) in [5.74, 6) is -0.506. The van der Waals surface area contributed by atoms with E-state index in [0.29, 0.717) is 17.6 Å². The molecule has 0 saturated heterocycles. The standard InChI is InChI=1S/C22H26BN3O3.H2S/c1-26(2)14-19-6-5-17(11-21(19)23(28)29)20(12-24)22(27)10-15-3-4-18-13-25-8-7-16(18)9-15;/h3-9,11,13,20,28-29H,10,12,14,24H2,1-2H3;1H2/t20-;/m1./s1. The molecule has 0 aliphatic rings. The maximum atomic E-state index is 13.0. The lowest BCUT2D eigenvalue weighted by molar-refractivity contribution is -0.119. The average molecular weight is 425 g/mol. The zero-order chi connectivity index (χ0) is 21.0. The van der Waals surface area contributed by atoms with Crippen LogP contribution in [0.1, 0.15) is 22.6 Å². The Balaban J connectivity index is 0.00000320. The molecule has 3 rings (SSSR count). The van der Waals surface area contributed by atoms with Crippen molar-refractivity contribution in [2.45, 2.75) is 18.9 Å². The van der Waals surface area contributed by atoms with Crippen molar-refractivity contribution in [1.82, 2.24) is 9.88 Å². The maximum Gasteiger partial charge on any atom is 0.488 e. The van der Waals surface area contributed by atoms with E-state index in [2.05, 4.69) is 4.98 Å². The van der Waals surface area contributed by atoms with Crippen LogP contribution in [-0.4, -0.2) is 53.5 Å². The van der Waals surface area contributed by atoms with Gasteiger partial charge < -0.3 is 20.7 Å². The molecule has 0 unspecified atom stereocenters. The SMILES string of the molecule is CN(C)Cc1ccc([C@@H](CN)C(=O)Cc2ccc3cnccc3c2)cc1B(O)O.S. The fourth-order valence-electron chi connectivity index (χ4n) is 3.58. The van der Waals surface area contributed by atoms with Crippen LogP contribution in [0.5, 0.6) is 0 Å². The van der Waals surface area contributed by atoms with Gasteiger partial charge in [0, 0.05) is 37.3 Å². The first-order chi connectivity index (χ1) is 13.9.